The molecule has 0 unspecified atom stereocenters. The third-order valence-corrected chi connectivity index (χ3v) is 4.46. The summed E-state index contributed by atoms with van der Waals surface area (Å²) in [5, 5.41) is 3.52. The summed E-state index contributed by atoms with van der Waals surface area (Å²) in [7, 11) is 0. The van der Waals surface area contributed by atoms with Crippen LogP contribution in [-0.4, -0.2) is 23.1 Å². The molecule has 0 bridgehead atoms. The average molecular weight is 310 g/mol. The third kappa shape index (κ3) is 3.63. The largest absolute Gasteiger partial charge is 0.341 e. The first kappa shape index (κ1) is 15.8. The van der Waals surface area contributed by atoms with Crippen molar-refractivity contribution in [3.8, 4) is 0 Å². The van der Waals surface area contributed by atoms with E-state index in [-0.39, 0.29) is 0 Å². The molecule has 0 spiro atoms. The summed E-state index contributed by atoms with van der Waals surface area (Å²) in [6.07, 6.45) is 5.63. The van der Waals surface area contributed by atoms with E-state index in [1.165, 1.54) is 36.1 Å². The van der Waals surface area contributed by atoms with Crippen LogP contribution in [0, 0.1) is 6.92 Å². The van der Waals surface area contributed by atoms with Crippen LogP contribution in [0.4, 0.5) is 17.5 Å². The molecule has 0 radical (unpaired) electrons. The Bertz CT molecular complexity index is 660. The number of nitrogens with zero attached hydrogens (tertiary/aromatic N) is 3. The first-order valence-corrected chi connectivity index (χ1v) is 8.59. The quantitative estimate of drug-likeness (QED) is 0.893. The molecular weight excluding hydrogens is 284 g/mol. The number of piperidine rings is 1. The van der Waals surface area contributed by atoms with Gasteiger partial charge in [-0.15, -0.1) is 0 Å². The van der Waals surface area contributed by atoms with Crippen molar-refractivity contribution in [2.24, 2.45) is 0 Å². The number of hydrogen-bond donors (Lipinski definition) is 1. The molecule has 0 aliphatic carbocycles. The van der Waals surface area contributed by atoms with E-state index in [9.17, 15) is 0 Å². The van der Waals surface area contributed by atoms with Gasteiger partial charge in [-0.05, 0) is 49.3 Å². The first-order valence-electron chi connectivity index (χ1n) is 8.59. The first-order chi connectivity index (χ1) is 11.1. The molecule has 23 heavy (non-hydrogen) atoms. The standard InChI is InChI=1S/C19H26N4/c1-14(2)16-9-7-8-15(3)18(16)21-17-10-11-20-19(22-17)23-12-5-4-6-13-23/h7-11,14H,4-6,12-13H2,1-3H3,(H,20,21,22). The molecule has 0 atom stereocenters. The van der Waals surface area contributed by atoms with Crippen molar-refractivity contribution < 1.29 is 0 Å². The van der Waals surface area contributed by atoms with Crippen LogP contribution in [0.15, 0.2) is 30.5 Å². The summed E-state index contributed by atoms with van der Waals surface area (Å²) in [5.41, 5.74) is 3.74. The van der Waals surface area contributed by atoms with Crippen LogP contribution in [0.25, 0.3) is 0 Å². The maximum absolute atomic E-state index is 4.74. The number of anilines is 3. The van der Waals surface area contributed by atoms with Crippen LogP contribution in [0.1, 0.15) is 50.2 Å². The molecule has 1 fully saturated rings. The van der Waals surface area contributed by atoms with E-state index in [4.69, 9.17) is 4.98 Å². The van der Waals surface area contributed by atoms with E-state index >= 15 is 0 Å². The highest BCUT2D eigenvalue weighted by Gasteiger charge is 2.15. The van der Waals surface area contributed by atoms with E-state index in [1.807, 2.05) is 12.3 Å². The molecule has 2 heterocycles. The highest BCUT2D eigenvalue weighted by Crippen LogP contribution is 2.30. The molecule has 1 aliphatic rings. The Morgan fingerprint density at radius 1 is 1.09 bits per heavy atom. The van der Waals surface area contributed by atoms with Crippen molar-refractivity contribution in [2.45, 2.75) is 46.0 Å². The fraction of sp³-hybridized carbons (Fsp3) is 0.474. The average Bonchev–Trinajstić information content (AvgIpc) is 2.57. The van der Waals surface area contributed by atoms with E-state index < -0.39 is 0 Å². The minimum atomic E-state index is 0.473. The molecule has 1 aromatic carbocycles. The van der Waals surface area contributed by atoms with Gasteiger partial charge in [0.1, 0.15) is 5.82 Å². The van der Waals surface area contributed by atoms with E-state index in [2.05, 4.69) is 54.2 Å². The van der Waals surface area contributed by atoms with Gasteiger partial charge in [-0.25, -0.2) is 4.98 Å². The summed E-state index contributed by atoms with van der Waals surface area (Å²) >= 11 is 0. The van der Waals surface area contributed by atoms with Gasteiger partial charge in [-0.3, -0.25) is 0 Å². The molecule has 3 rings (SSSR count). The lowest BCUT2D eigenvalue weighted by atomic mass is 9.98. The van der Waals surface area contributed by atoms with Gasteiger partial charge in [0.25, 0.3) is 0 Å². The second kappa shape index (κ2) is 6.99. The maximum atomic E-state index is 4.74. The predicted molar refractivity (Wildman–Crippen MR) is 96.6 cm³/mol. The third-order valence-electron chi connectivity index (χ3n) is 4.46. The second-order valence-corrected chi connectivity index (χ2v) is 6.61. The number of para-hydroxylation sites is 1. The molecule has 0 saturated carbocycles. The lowest BCUT2D eigenvalue weighted by molar-refractivity contribution is 0.568. The van der Waals surface area contributed by atoms with Crippen LogP contribution >= 0.6 is 0 Å². The van der Waals surface area contributed by atoms with Crippen LogP contribution in [-0.2, 0) is 0 Å². The zero-order valence-electron chi connectivity index (χ0n) is 14.3. The van der Waals surface area contributed by atoms with Gasteiger partial charge in [0, 0.05) is 25.0 Å². The topological polar surface area (TPSA) is 41.1 Å². The van der Waals surface area contributed by atoms with Crippen LogP contribution < -0.4 is 10.2 Å². The predicted octanol–water partition coefficient (Wildman–Crippen LogP) is 4.64. The molecule has 122 valence electrons. The maximum Gasteiger partial charge on any atom is 0.227 e. The molecular formula is C19H26N4. The number of aryl methyl sites for hydroxylation is 1. The van der Waals surface area contributed by atoms with Crippen molar-refractivity contribution in [1.29, 1.82) is 0 Å². The molecule has 4 heteroatoms. The fourth-order valence-electron chi connectivity index (χ4n) is 3.13. The molecule has 1 aliphatic heterocycles. The van der Waals surface area contributed by atoms with E-state index in [0.717, 1.165) is 24.9 Å². The SMILES string of the molecule is Cc1cccc(C(C)C)c1Nc1ccnc(N2CCCCC2)n1. The van der Waals surface area contributed by atoms with Gasteiger partial charge in [0.05, 0.1) is 0 Å². The molecule has 2 aromatic rings. The van der Waals surface area contributed by atoms with Crippen LogP contribution in [0.3, 0.4) is 0 Å². The number of rotatable bonds is 4. The van der Waals surface area contributed by atoms with Gasteiger partial charge in [-0.2, -0.15) is 4.98 Å². The number of benzene rings is 1. The lowest BCUT2D eigenvalue weighted by Gasteiger charge is -2.26. The Labute approximate surface area is 139 Å². The van der Waals surface area contributed by atoms with Crippen LogP contribution in [0.5, 0.6) is 0 Å². The Morgan fingerprint density at radius 2 is 1.87 bits per heavy atom. The number of aromatic nitrogens is 2. The zero-order chi connectivity index (χ0) is 16.2. The highest BCUT2D eigenvalue weighted by atomic mass is 15.3. The monoisotopic (exact) mass is 310 g/mol. The molecule has 1 N–H and O–H groups in total. The Hall–Kier alpha value is -2.10. The minimum Gasteiger partial charge on any atom is -0.341 e. The van der Waals surface area contributed by atoms with Crippen molar-refractivity contribution in [3.63, 3.8) is 0 Å². The summed E-state index contributed by atoms with van der Waals surface area (Å²) in [6, 6.07) is 8.40. The smallest absolute Gasteiger partial charge is 0.227 e. The second-order valence-electron chi connectivity index (χ2n) is 6.61. The van der Waals surface area contributed by atoms with E-state index in [1.54, 1.807) is 0 Å². The molecule has 1 saturated heterocycles. The van der Waals surface area contributed by atoms with Gasteiger partial charge >= 0.3 is 0 Å². The Morgan fingerprint density at radius 3 is 2.61 bits per heavy atom. The normalized spacial score (nSPS) is 15.0. The van der Waals surface area contributed by atoms with E-state index in [0.29, 0.717) is 5.92 Å². The van der Waals surface area contributed by atoms with Crippen LogP contribution in [0.2, 0.25) is 0 Å². The highest BCUT2D eigenvalue weighted by molar-refractivity contribution is 5.66. The lowest BCUT2D eigenvalue weighted by Crippen LogP contribution is -2.31. The number of hydrogen-bond acceptors (Lipinski definition) is 4. The van der Waals surface area contributed by atoms with Crippen molar-refractivity contribution >= 4 is 17.5 Å². The van der Waals surface area contributed by atoms with Crippen molar-refractivity contribution in [2.75, 3.05) is 23.3 Å². The zero-order valence-corrected chi connectivity index (χ0v) is 14.3. The molecule has 0 amide bonds. The van der Waals surface area contributed by atoms with Gasteiger partial charge in [-0.1, -0.05) is 32.0 Å². The van der Waals surface area contributed by atoms with Crippen molar-refractivity contribution in [3.05, 3.63) is 41.6 Å². The number of nitrogens with one attached hydrogen (secondary N) is 1. The van der Waals surface area contributed by atoms with Gasteiger partial charge in [0.2, 0.25) is 5.95 Å². The van der Waals surface area contributed by atoms with Gasteiger partial charge in [0.15, 0.2) is 0 Å². The minimum absolute atomic E-state index is 0.473. The van der Waals surface area contributed by atoms with Crippen molar-refractivity contribution in [1.82, 2.24) is 9.97 Å². The molecule has 1 aromatic heterocycles. The summed E-state index contributed by atoms with van der Waals surface area (Å²) < 4.78 is 0. The Kier molecular flexibility index (Phi) is 4.79. The summed E-state index contributed by atoms with van der Waals surface area (Å²) in [4.78, 5) is 11.5. The van der Waals surface area contributed by atoms with Gasteiger partial charge < -0.3 is 10.2 Å². The fourth-order valence-corrected chi connectivity index (χ4v) is 3.13. The Balaban J connectivity index is 1.86. The summed E-state index contributed by atoms with van der Waals surface area (Å²) in [6.45, 7) is 8.70. The summed E-state index contributed by atoms with van der Waals surface area (Å²) in [5.74, 6) is 2.19. The molecule has 4 nitrogen and oxygen atoms in total.